The van der Waals surface area contributed by atoms with Gasteiger partial charge in [0.15, 0.2) is 0 Å². The van der Waals surface area contributed by atoms with Crippen LogP contribution < -0.4 is 5.32 Å². The Balaban J connectivity index is 1.75. The highest BCUT2D eigenvalue weighted by Gasteiger charge is 2.21. The van der Waals surface area contributed by atoms with Gasteiger partial charge in [-0.25, -0.2) is 9.37 Å². The van der Waals surface area contributed by atoms with E-state index in [1.54, 1.807) is 24.5 Å². The molecule has 0 bridgehead atoms. The second-order valence-electron chi connectivity index (χ2n) is 6.45. The number of halogens is 1. The molecule has 136 valence electrons. The van der Waals surface area contributed by atoms with Crippen molar-refractivity contribution in [3.63, 3.8) is 0 Å². The molecule has 0 saturated heterocycles. The molecule has 3 aromatic rings. The third kappa shape index (κ3) is 3.99. The minimum absolute atomic E-state index is 0.0748. The monoisotopic (exact) mass is 355 g/mol. The summed E-state index contributed by atoms with van der Waals surface area (Å²) in [5.41, 5.74) is 2.70. The molecule has 1 amide bonds. The number of aromatic nitrogens is 4. The van der Waals surface area contributed by atoms with Gasteiger partial charge >= 0.3 is 0 Å². The van der Waals surface area contributed by atoms with Gasteiger partial charge in [-0.1, -0.05) is 12.1 Å². The molecule has 2 unspecified atom stereocenters. The van der Waals surface area contributed by atoms with Crippen molar-refractivity contribution in [3.8, 4) is 0 Å². The van der Waals surface area contributed by atoms with Crippen LogP contribution in [0.15, 0.2) is 42.7 Å². The number of carbonyl (C=O) groups is 1. The number of aryl methyl sites for hydroxylation is 2. The maximum Gasteiger partial charge on any atom is 0.222 e. The molecule has 3 rings (SSSR count). The molecule has 0 spiro atoms. The Bertz CT molecular complexity index is 870. The van der Waals surface area contributed by atoms with Crippen LogP contribution in [0.25, 0.3) is 0 Å². The number of rotatable bonds is 6. The van der Waals surface area contributed by atoms with Crippen molar-refractivity contribution in [2.24, 2.45) is 0 Å². The molecule has 0 fully saturated rings. The molecule has 7 heteroatoms. The van der Waals surface area contributed by atoms with Gasteiger partial charge in [0.05, 0.1) is 11.7 Å². The Morgan fingerprint density at radius 1 is 1.31 bits per heavy atom. The number of H-pyrrole nitrogens is 1. The number of hydrogen-bond acceptors (Lipinski definition) is 3. The van der Waals surface area contributed by atoms with E-state index in [0.717, 1.165) is 17.0 Å². The van der Waals surface area contributed by atoms with Crippen molar-refractivity contribution in [3.05, 3.63) is 71.3 Å². The molecule has 0 radical (unpaired) electrons. The third-order valence-electron chi connectivity index (χ3n) is 4.24. The summed E-state index contributed by atoms with van der Waals surface area (Å²) in [6, 6.07) is 7.48. The van der Waals surface area contributed by atoms with E-state index in [2.05, 4.69) is 20.4 Å². The van der Waals surface area contributed by atoms with E-state index in [1.165, 1.54) is 12.1 Å². The average molecular weight is 355 g/mol. The standard InChI is InChI=1S/C19H22FN5O/c1-12-10-13(2)25(24-12)14(3)11-17(26)23-18(19-21-8-9-22-19)15-4-6-16(20)7-5-15/h4-10,14,18H,11H2,1-3H3,(H,21,22)(H,23,26). The number of imidazole rings is 1. The molecule has 2 atom stereocenters. The minimum atomic E-state index is -0.467. The van der Waals surface area contributed by atoms with E-state index in [-0.39, 0.29) is 24.2 Å². The first kappa shape index (κ1) is 17.8. The second kappa shape index (κ2) is 7.51. The molecule has 0 aliphatic heterocycles. The average Bonchev–Trinajstić information content (AvgIpc) is 3.23. The van der Waals surface area contributed by atoms with E-state index in [0.29, 0.717) is 5.82 Å². The van der Waals surface area contributed by atoms with E-state index in [9.17, 15) is 9.18 Å². The van der Waals surface area contributed by atoms with Gasteiger partial charge in [0, 0.05) is 24.5 Å². The van der Waals surface area contributed by atoms with E-state index < -0.39 is 6.04 Å². The molecule has 6 nitrogen and oxygen atoms in total. The lowest BCUT2D eigenvalue weighted by molar-refractivity contribution is -0.122. The predicted molar refractivity (Wildman–Crippen MR) is 96.0 cm³/mol. The van der Waals surface area contributed by atoms with Gasteiger partial charge in [0.25, 0.3) is 0 Å². The molecule has 2 N–H and O–H groups in total. The zero-order valence-electron chi connectivity index (χ0n) is 15.0. The zero-order chi connectivity index (χ0) is 18.7. The maximum absolute atomic E-state index is 13.2. The summed E-state index contributed by atoms with van der Waals surface area (Å²) < 4.78 is 15.1. The maximum atomic E-state index is 13.2. The molecule has 0 saturated carbocycles. The fourth-order valence-corrected chi connectivity index (χ4v) is 3.07. The van der Waals surface area contributed by atoms with Crippen molar-refractivity contribution in [1.82, 2.24) is 25.1 Å². The van der Waals surface area contributed by atoms with E-state index >= 15 is 0 Å². The fourth-order valence-electron chi connectivity index (χ4n) is 3.07. The van der Waals surface area contributed by atoms with Gasteiger partial charge in [-0.3, -0.25) is 9.48 Å². The summed E-state index contributed by atoms with van der Waals surface area (Å²) in [4.78, 5) is 19.9. The molecule has 2 aromatic heterocycles. The lowest BCUT2D eigenvalue weighted by Crippen LogP contribution is -2.31. The SMILES string of the molecule is Cc1cc(C)n(C(C)CC(=O)NC(c2ccc(F)cc2)c2ncc[nH]2)n1. The van der Waals surface area contributed by atoms with Crippen LogP contribution in [-0.2, 0) is 4.79 Å². The summed E-state index contributed by atoms with van der Waals surface area (Å²) in [6.07, 6.45) is 3.59. The summed E-state index contributed by atoms with van der Waals surface area (Å²) >= 11 is 0. The van der Waals surface area contributed by atoms with Crippen molar-refractivity contribution >= 4 is 5.91 Å². The Kier molecular flexibility index (Phi) is 5.16. The molecule has 2 heterocycles. The predicted octanol–water partition coefficient (Wildman–Crippen LogP) is 3.22. The molecule has 26 heavy (non-hydrogen) atoms. The largest absolute Gasteiger partial charge is 0.347 e. The smallest absolute Gasteiger partial charge is 0.222 e. The van der Waals surface area contributed by atoms with Gasteiger partial charge in [0.2, 0.25) is 5.91 Å². The molecule has 1 aromatic carbocycles. The first-order chi connectivity index (χ1) is 12.4. The Morgan fingerprint density at radius 3 is 2.62 bits per heavy atom. The second-order valence-corrected chi connectivity index (χ2v) is 6.45. The highest BCUT2D eigenvalue weighted by Crippen LogP contribution is 2.21. The van der Waals surface area contributed by atoms with E-state index in [1.807, 2.05) is 31.5 Å². The van der Waals surface area contributed by atoms with E-state index in [4.69, 9.17) is 0 Å². The van der Waals surface area contributed by atoms with Gasteiger partial charge < -0.3 is 10.3 Å². The van der Waals surface area contributed by atoms with Crippen molar-refractivity contribution in [2.75, 3.05) is 0 Å². The normalized spacial score (nSPS) is 13.4. The number of benzene rings is 1. The molecule has 0 aliphatic carbocycles. The summed E-state index contributed by atoms with van der Waals surface area (Å²) in [5.74, 6) is 0.149. The molecular formula is C19H22FN5O. The summed E-state index contributed by atoms with van der Waals surface area (Å²) in [7, 11) is 0. The molecular weight excluding hydrogens is 333 g/mol. The van der Waals surface area contributed by atoms with Crippen LogP contribution >= 0.6 is 0 Å². The quantitative estimate of drug-likeness (QED) is 0.713. The van der Waals surface area contributed by atoms with Crippen LogP contribution in [-0.4, -0.2) is 25.7 Å². The lowest BCUT2D eigenvalue weighted by atomic mass is 10.1. The van der Waals surface area contributed by atoms with Crippen LogP contribution in [0, 0.1) is 19.7 Å². The Labute approximate surface area is 151 Å². The first-order valence-corrected chi connectivity index (χ1v) is 8.51. The highest BCUT2D eigenvalue weighted by atomic mass is 19.1. The summed E-state index contributed by atoms with van der Waals surface area (Å²) in [6.45, 7) is 5.86. The molecule has 0 aliphatic rings. The lowest BCUT2D eigenvalue weighted by Gasteiger charge is -2.19. The number of amides is 1. The van der Waals surface area contributed by atoms with Crippen LogP contribution in [0.5, 0.6) is 0 Å². The fraction of sp³-hybridized carbons (Fsp3) is 0.316. The Hall–Kier alpha value is -2.96. The Morgan fingerprint density at radius 2 is 2.04 bits per heavy atom. The van der Waals surface area contributed by atoms with Crippen molar-refractivity contribution in [2.45, 2.75) is 39.3 Å². The van der Waals surface area contributed by atoms with Crippen molar-refractivity contribution < 1.29 is 9.18 Å². The van der Waals surface area contributed by atoms with Crippen LogP contribution in [0.2, 0.25) is 0 Å². The first-order valence-electron chi connectivity index (χ1n) is 8.51. The number of carbonyl (C=O) groups excluding carboxylic acids is 1. The van der Waals surface area contributed by atoms with Crippen LogP contribution in [0.1, 0.15) is 48.2 Å². The van der Waals surface area contributed by atoms with Gasteiger partial charge in [-0.05, 0) is 44.5 Å². The third-order valence-corrected chi connectivity index (χ3v) is 4.24. The van der Waals surface area contributed by atoms with Gasteiger partial charge in [-0.2, -0.15) is 5.10 Å². The van der Waals surface area contributed by atoms with Gasteiger partial charge in [-0.15, -0.1) is 0 Å². The van der Waals surface area contributed by atoms with Gasteiger partial charge in [0.1, 0.15) is 17.7 Å². The van der Waals surface area contributed by atoms with Crippen LogP contribution in [0.4, 0.5) is 4.39 Å². The van der Waals surface area contributed by atoms with Crippen LogP contribution in [0.3, 0.4) is 0 Å². The number of aromatic amines is 1. The number of nitrogens with zero attached hydrogens (tertiary/aromatic N) is 3. The van der Waals surface area contributed by atoms with Crippen molar-refractivity contribution in [1.29, 1.82) is 0 Å². The number of nitrogens with one attached hydrogen (secondary N) is 2. The summed E-state index contributed by atoms with van der Waals surface area (Å²) in [5, 5.41) is 7.42. The zero-order valence-corrected chi connectivity index (χ0v) is 15.0. The number of hydrogen-bond donors (Lipinski definition) is 2. The highest BCUT2D eigenvalue weighted by molar-refractivity contribution is 5.77. The topological polar surface area (TPSA) is 75.6 Å². The minimum Gasteiger partial charge on any atom is -0.347 e.